The summed E-state index contributed by atoms with van der Waals surface area (Å²) < 4.78 is 34.8. The average molecular weight is 448 g/mol. The van der Waals surface area contributed by atoms with Crippen LogP contribution in [0.1, 0.15) is 30.8 Å². The Kier molecular flexibility index (Phi) is 5.73. The minimum absolute atomic E-state index is 0.124. The summed E-state index contributed by atoms with van der Waals surface area (Å²) in [5.41, 5.74) is 3.10. The van der Waals surface area contributed by atoms with Crippen LogP contribution in [0.2, 0.25) is 0 Å². The standard InChI is InChI=1S/C25H22F2N4O2/c26-17-6-9-20(21(27)13-17)22-15-28-24(33-22)11-10-23(32)30-18-7-4-16(5-8-18)25-29-14-19-3-1-2-12-31(19)25/h4-9,13-15H,1-3,10-12H2,(H,30,32). The number of anilines is 1. The van der Waals surface area contributed by atoms with E-state index in [0.717, 1.165) is 42.9 Å². The van der Waals surface area contributed by atoms with Gasteiger partial charge in [-0.15, -0.1) is 0 Å². The smallest absolute Gasteiger partial charge is 0.224 e. The Balaban J connectivity index is 1.18. The van der Waals surface area contributed by atoms with Gasteiger partial charge in [-0.05, 0) is 55.7 Å². The van der Waals surface area contributed by atoms with Crippen molar-refractivity contribution in [1.82, 2.24) is 14.5 Å². The van der Waals surface area contributed by atoms with Crippen LogP contribution in [0.15, 0.2) is 59.3 Å². The molecular weight excluding hydrogens is 426 g/mol. The number of benzene rings is 2. The Labute approximate surface area is 189 Å². The molecule has 168 valence electrons. The fourth-order valence-corrected chi connectivity index (χ4v) is 4.05. The van der Waals surface area contributed by atoms with Crippen LogP contribution in [0.3, 0.4) is 0 Å². The normalized spacial score (nSPS) is 13.0. The summed E-state index contributed by atoms with van der Waals surface area (Å²) >= 11 is 0. The number of nitrogens with one attached hydrogen (secondary N) is 1. The molecule has 1 aliphatic rings. The van der Waals surface area contributed by atoms with Crippen molar-refractivity contribution in [3.63, 3.8) is 0 Å². The molecule has 0 atom stereocenters. The number of imidazole rings is 1. The van der Waals surface area contributed by atoms with Crippen molar-refractivity contribution < 1.29 is 18.0 Å². The maximum absolute atomic E-state index is 13.9. The number of halogens is 2. The molecule has 2 aromatic heterocycles. The number of fused-ring (bicyclic) bond motifs is 1. The summed E-state index contributed by atoms with van der Waals surface area (Å²) in [5.74, 6) is -0.115. The highest BCUT2D eigenvalue weighted by molar-refractivity contribution is 5.91. The highest BCUT2D eigenvalue weighted by atomic mass is 19.1. The second-order valence-corrected chi connectivity index (χ2v) is 8.05. The third kappa shape index (κ3) is 4.55. The minimum Gasteiger partial charge on any atom is -0.441 e. The molecule has 4 aromatic rings. The Morgan fingerprint density at radius 1 is 1.06 bits per heavy atom. The lowest BCUT2D eigenvalue weighted by Crippen LogP contribution is -2.12. The number of oxazole rings is 1. The highest BCUT2D eigenvalue weighted by Gasteiger charge is 2.16. The molecule has 2 aromatic carbocycles. The number of aryl methyl sites for hydroxylation is 2. The predicted molar refractivity (Wildman–Crippen MR) is 119 cm³/mol. The Hall–Kier alpha value is -3.81. The van der Waals surface area contributed by atoms with Crippen LogP contribution in [0.5, 0.6) is 0 Å². The first-order valence-electron chi connectivity index (χ1n) is 10.9. The van der Waals surface area contributed by atoms with Crippen molar-refractivity contribution >= 4 is 11.6 Å². The Morgan fingerprint density at radius 3 is 2.73 bits per heavy atom. The molecule has 0 aliphatic carbocycles. The van der Waals surface area contributed by atoms with Crippen molar-refractivity contribution in [3.8, 4) is 22.7 Å². The van der Waals surface area contributed by atoms with E-state index < -0.39 is 11.6 Å². The van der Waals surface area contributed by atoms with Crippen LogP contribution < -0.4 is 5.32 Å². The molecule has 1 N–H and O–H groups in total. The topological polar surface area (TPSA) is 73.0 Å². The van der Waals surface area contributed by atoms with Gasteiger partial charge in [0.2, 0.25) is 5.91 Å². The number of carbonyl (C=O) groups excluding carboxylic acids is 1. The highest BCUT2D eigenvalue weighted by Crippen LogP contribution is 2.26. The number of hydrogen-bond donors (Lipinski definition) is 1. The molecule has 0 saturated heterocycles. The molecule has 0 fully saturated rings. The summed E-state index contributed by atoms with van der Waals surface area (Å²) in [5, 5.41) is 2.86. The van der Waals surface area contributed by atoms with Crippen molar-refractivity contribution in [3.05, 3.63) is 78.1 Å². The van der Waals surface area contributed by atoms with Crippen molar-refractivity contribution in [1.29, 1.82) is 0 Å². The van der Waals surface area contributed by atoms with E-state index in [0.29, 0.717) is 11.6 Å². The number of rotatable bonds is 6. The Morgan fingerprint density at radius 2 is 1.91 bits per heavy atom. The molecule has 1 amide bonds. The van der Waals surface area contributed by atoms with Gasteiger partial charge in [-0.2, -0.15) is 0 Å². The Bertz CT molecular complexity index is 1290. The molecule has 8 heteroatoms. The van der Waals surface area contributed by atoms with Gasteiger partial charge in [-0.1, -0.05) is 0 Å². The van der Waals surface area contributed by atoms with Crippen molar-refractivity contribution in [2.24, 2.45) is 0 Å². The van der Waals surface area contributed by atoms with E-state index in [-0.39, 0.29) is 30.1 Å². The van der Waals surface area contributed by atoms with Crippen LogP contribution in [-0.4, -0.2) is 20.4 Å². The van der Waals surface area contributed by atoms with E-state index in [1.165, 1.54) is 24.4 Å². The average Bonchev–Trinajstić information content (AvgIpc) is 3.46. The van der Waals surface area contributed by atoms with Crippen LogP contribution in [0, 0.1) is 11.6 Å². The second kappa shape index (κ2) is 8.97. The van der Waals surface area contributed by atoms with Gasteiger partial charge in [0.1, 0.15) is 17.5 Å². The van der Waals surface area contributed by atoms with Crippen LogP contribution in [-0.2, 0) is 24.2 Å². The predicted octanol–water partition coefficient (Wildman–Crippen LogP) is 5.39. The lowest BCUT2D eigenvalue weighted by Gasteiger charge is -2.16. The van der Waals surface area contributed by atoms with Gasteiger partial charge >= 0.3 is 0 Å². The van der Waals surface area contributed by atoms with Gasteiger partial charge in [-0.3, -0.25) is 4.79 Å². The number of hydrogen-bond acceptors (Lipinski definition) is 4. The van der Waals surface area contributed by atoms with Crippen LogP contribution in [0.25, 0.3) is 22.7 Å². The van der Waals surface area contributed by atoms with Gasteiger partial charge in [0.15, 0.2) is 11.7 Å². The molecule has 5 rings (SSSR count). The molecule has 6 nitrogen and oxygen atoms in total. The van der Waals surface area contributed by atoms with Crippen LogP contribution in [0.4, 0.5) is 14.5 Å². The molecule has 0 unspecified atom stereocenters. The molecule has 0 bridgehead atoms. The van der Waals surface area contributed by atoms with E-state index in [2.05, 4.69) is 19.9 Å². The van der Waals surface area contributed by atoms with Crippen molar-refractivity contribution in [2.45, 2.75) is 38.6 Å². The monoisotopic (exact) mass is 448 g/mol. The van der Waals surface area contributed by atoms with E-state index in [1.54, 1.807) is 0 Å². The first-order valence-corrected chi connectivity index (χ1v) is 10.9. The molecule has 1 aliphatic heterocycles. The number of carbonyl (C=O) groups is 1. The third-order valence-electron chi connectivity index (χ3n) is 5.75. The van der Waals surface area contributed by atoms with Gasteiger partial charge in [0, 0.05) is 48.6 Å². The van der Waals surface area contributed by atoms with Crippen molar-refractivity contribution in [2.75, 3.05) is 5.32 Å². The first-order chi connectivity index (χ1) is 16.1. The summed E-state index contributed by atoms with van der Waals surface area (Å²) in [7, 11) is 0. The molecule has 0 radical (unpaired) electrons. The van der Waals surface area contributed by atoms with Gasteiger partial charge in [0.05, 0.1) is 11.8 Å². The number of nitrogens with zero attached hydrogens (tertiary/aromatic N) is 3. The summed E-state index contributed by atoms with van der Waals surface area (Å²) in [6.07, 6.45) is 7.16. The van der Waals surface area contributed by atoms with E-state index in [9.17, 15) is 13.6 Å². The zero-order valence-electron chi connectivity index (χ0n) is 17.9. The zero-order chi connectivity index (χ0) is 22.8. The molecule has 33 heavy (non-hydrogen) atoms. The first kappa shape index (κ1) is 21.1. The van der Waals surface area contributed by atoms with E-state index in [1.807, 2.05) is 30.5 Å². The number of aromatic nitrogens is 3. The fraction of sp³-hybridized carbons (Fsp3) is 0.240. The lowest BCUT2D eigenvalue weighted by atomic mass is 10.1. The van der Waals surface area contributed by atoms with Gasteiger partial charge in [0.25, 0.3) is 0 Å². The largest absolute Gasteiger partial charge is 0.441 e. The minimum atomic E-state index is -0.727. The second-order valence-electron chi connectivity index (χ2n) is 8.05. The molecule has 0 saturated carbocycles. The summed E-state index contributed by atoms with van der Waals surface area (Å²) in [4.78, 5) is 21.0. The van der Waals surface area contributed by atoms with Gasteiger partial charge in [-0.25, -0.2) is 18.7 Å². The maximum atomic E-state index is 13.9. The molecular formula is C25H22F2N4O2. The SMILES string of the molecule is O=C(CCc1ncc(-c2ccc(F)cc2F)o1)Nc1ccc(-c2ncc3n2CCCC3)cc1. The lowest BCUT2D eigenvalue weighted by molar-refractivity contribution is -0.116. The number of amides is 1. The third-order valence-corrected chi connectivity index (χ3v) is 5.75. The molecule has 3 heterocycles. The molecule has 0 spiro atoms. The quantitative estimate of drug-likeness (QED) is 0.429. The summed E-state index contributed by atoms with van der Waals surface area (Å²) in [6.45, 7) is 0.986. The maximum Gasteiger partial charge on any atom is 0.224 e. The van der Waals surface area contributed by atoms with Crippen LogP contribution >= 0.6 is 0 Å². The summed E-state index contributed by atoms with van der Waals surface area (Å²) in [6, 6.07) is 10.9. The van der Waals surface area contributed by atoms with E-state index in [4.69, 9.17) is 4.42 Å². The fourth-order valence-electron chi connectivity index (χ4n) is 4.05. The van der Waals surface area contributed by atoms with E-state index >= 15 is 0 Å². The van der Waals surface area contributed by atoms with Gasteiger partial charge < -0.3 is 14.3 Å². The zero-order valence-corrected chi connectivity index (χ0v) is 17.9.